The molecule has 0 unspecified atom stereocenters. The first-order chi connectivity index (χ1) is 11.2. The minimum absolute atomic E-state index is 0.270. The predicted octanol–water partition coefficient (Wildman–Crippen LogP) is 3.21. The Kier molecular flexibility index (Phi) is 2.84. The summed E-state index contributed by atoms with van der Waals surface area (Å²) in [4.78, 5) is 38.2. The van der Waals surface area contributed by atoms with Gasteiger partial charge in [-0.1, -0.05) is 48.5 Å². The van der Waals surface area contributed by atoms with E-state index < -0.39 is 17.6 Å². The highest BCUT2D eigenvalue weighted by atomic mass is 16.2. The molecule has 0 saturated carbocycles. The zero-order valence-electron chi connectivity index (χ0n) is 12.0. The first kappa shape index (κ1) is 13.4. The number of hydrogen-bond acceptors (Lipinski definition) is 3. The number of anilines is 1. The lowest BCUT2D eigenvalue weighted by molar-refractivity contribution is -0.113. The average molecular weight is 301 g/mol. The number of imide groups is 1. The molecular weight excluding hydrogens is 290 g/mol. The summed E-state index contributed by atoms with van der Waals surface area (Å²) in [7, 11) is 0. The molecule has 1 heterocycles. The third-order valence-corrected chi connectivity index (χ3v) is 4.01. The van der Waals surface area contributed by atoms with Gasteiger partial charge in [0, 0.05) is 5.56 Å². The van der Waals surface area contributed by atoms with Gasteiger partial charge in [-0.3, -0.25) is 14.4 Å². The Bertz CT molecular complexity index is 985. The first-order valence-corrected chi connectivity index (χ1v) is 7.18. The smallest absolute Gasteiger partial charge is 0.283 e. The molecule has 3 aromatic carbocycles. The molecule has 4 nitrogen and oxygen atoms in total. The van der Waals surface area contributed by atoms with Gasteiger partial charge in [-0.2, -0.15) is 0 Å². The zero-order valence-corrected chi connectivity index (χ0v) is 12.0. The summed E-state index contributed by atoms with van der Waals surface area (Å²) >= 11 is 0. The van der Waals surface area contributed by atoms with E-state index in [4.69, 9.17) is 0 Å². The summed E-state index contributed by atoms with van der Waals surface area (Å²) in [6.45, 7) is 0. The van der Waals surface area contributed by atoms with E-state index in [9.17, 15) is 14.4 Å². The standard InChI is InChI=1S/C19H11NO3/c21-17-15-9-3-4-11-16(15)20(19(17)23)18(22)14-10-5-7-12-6-1-2-8-13(12)14/h1-11H. The van der Waals surface area contributed by atoms with Gasteiger partial charge in [0.15, 0.2) is 0 Å². The van der Waals surface area contributed by atoms with Crippen molar-refractivity contribution in [2.24, 2.45) is 0 Å². The van der Waals surface area contributed by atoms with Crippen LogP contribution in [0.5, 0.6) is 0 Å². The normalized spacial score (nSPS) is 13.5. The van der Waals surface area contributed by atoms with E-state index in [-0.39, 0.29) is 5.56 Å². The molecule has 0 saturated heterocycles. The number of nitrogens with zero attached hydrogens (tertiary/aromatic N) is 1. The Labute approximate surface area is 132 Å². The molecule has 3 aromatic rings. The molecule has 0 aromatic heterocycles. The monoisotopic (exact) mass is 301 g/mol. The van der Waals surface area contributed by atoms with Crippen LogP contribution in [0.25, 0.3) is 10.8 Å². The molecule has 1 aliphatic heterocycles. The summed E-state index contributed by atoms with van der Waals surface area (Å²) in [5.41, 5.74) is 1.02. The summed E-state index contributed by atoms with van der Waals surface area (Å²) in [6, 6.07) is 19.3. The number of benzene rings is 3. The maximum absolute atomic E-state index is 12.9. The molecule has 110 valence electrons. The Balaban J connectivity index is 1.89. The van der Waals surface area contributed by atoms with E-state index in [1.165, 1.54) is 0 Å². The van der Waals surface area contributed by atoms with Crippen molar-refractivity contribution in [1.29, 1.82) is 0 Å². The van der Waals surface area contributed by atoms with E-state index in [0.29, 0.717) is 11.3 Å². The average Bonchev–Trinajstić information content (AvgIpc) is 2.85. The van der Waals surface area contributed by atoms with Crippen molar-refractivity contribution in [1.82, 2.24) is 0 Å². The van der Waals surface area contributed by atoms with Gasteiger partial charge in [0.25, 0.3) is 11.7 Å². The van der Waals surface area contributed by atoms with Crippen molar-refractivity contribution in [3.05, 3.63) is 77.9 Å². The molecule has 0 aliphatic carbocycles. The number of amides is 2. The number of rotatable bonds is 1. The minimum Gasteiger partial charge on any atom is -0.283 e. The molecule has 4 heteroatoms. The van der Waals surface area contributed by atoms with Gasteiger partial charge in [-0.05, 0) is 29.0 Å². The number of Topliss-reactive ketones (excluding diaryl/α,β-unsaturated/α-hetero) is 1. The Morgan fingerprint density at radius 2 is 1.48 bits per heavy atom. The molecule has 0 N–H and O–H groups in total. The number of fused-ring (bicyclic) bond motifs is 2. The van der Waals surface area contributed by atoms with E-state index in [1.807, 2.05) is 30.3 Å². The van der Waals surface area contributed by atoms with Gasteiger partial charge in [-0.25, -0.2) is 4.90 Å². The van der Waals surface area contributed by atoms with Crippen LogP contribution in [0.2, 0.25) is 0 Å². The van der Waals surface area contributed by atoms with Crippen molar-refractivity contribution in [2.45, 2.75) is 0 Å². The molecule has 1 aliphatic rings. The third-order valence-electron chi connectivity index (χ3n) is 4.01. The minimum atomic E-state index is -0.802. The highest BCUT2D eigenvalue weighted by Gasteiger charge is 2.40. The van der Waals surface area contributed by atoms with Crippen molar-refractivity contribution in [3.8, 4) is 0 Å². The fraction of sp³-hybridized carbons (Fsp3) is 0. The molecule has 2 amide bonds. The largest absolute Gasteiger partial charge is 0.306 e. The van der Waals surface area contributed by atoms with Crippen LogP contribution in [-0.4, -0.2) is 17.6 Å². The van der Waals surface area contributed by atoms with Crippen LogP contribution in [0.3, 0.4) is 0 Å². The first-order valence-electron chi connectivity index (χ1n) is 7.18. The molecule has 0 radical (unpaired) electrons. The second-order valence-corrected chi connectivity index (χ2v) is 5.32. The van der Waals surface area contributed by atoms with Crippen LogP contribution in [0.15, 0.2) is 66.7 Å². The van der Waals surface area contributed by atoms with Crippen LogP contribution in [0.4, 0.5) is 5.69 Å². The Morgan fingerprint density at radius 3 is 2.35 bits per heavy atom. The number of para-hydroxylation sites is 1. The molecule has 23 heavy (non-hydrogen) atoms. The van der Waals surface area contributed by atoms with Gasteiger partial charge < -0.3 is 0 Å². The quantitative estimate of drug-likeness (QED) is 0.512. The van der Waals surface area contributed by atoms with E-state index in [1.54, 1.807) is 36.4 Å². The summed E-state index contributed by atoms with van der Waals surface area (Å²) in [5, 5.41) is 1.66. The maximum Gasteiger partial charge on any atom is 0.306 e. The molecule has 0 bridgehead atoms. The second kappa shape index (κ2) is 4.88. The maximum atomic E-state index is 12.9. The van der Waals surface area contributed by atoms with E-state index in [0.717, 1.165) is 15.7 Å². The van der Waals surface area contributed by atoms with Crippen molar-refractivity contribution in [3.63, 3.8) is 0 Å². The van der Waals surface area contributed by atoms with E-state index >= 15 is 0 Å². The number of hydrogen-bond donors (Lipinski definition) is 0. The topological polar surface area (TPSA) is 54.5 Å². The van der Waals surface area contributed by atoms with Crippen LogP contribution >= 0.6 is 0 Å². The van der Waals surface area contributed by atoms with Gasteiger partial charge in [-0.15, -0.1) is 0 Å². The van der Waals surface area contributed by atoms with Crippen LogP contribution in [0, 0.1) is 0 Å². The summed E-state index contributed by atoms with van der Waals surface area (Å²) < 4.78 is 0. The highest BCUT2D eigenvalue weighted by Crippen LogP contribution is 2.31. The van der Waals surface area contributed by atoms with Crippen LogP contribution in [0.1, 0.15) is 20.7 Å². The SMILES string of the molecule is O=C1C(=O)N(C(=O)c2cccc3ccccc23)c2ccccc21. The van der Waals surface area contributed by atoms with Gasteiger partial charge in [0.2, 0.25) is 0 Å². The Hall–Kier alpha value is -3.27. The summed E-state index contributed by atoms with van der Waals surface area (Å²) in [6.07, 6.45) is 0. The zero-order chi connectivity index (χ0) is 16.0. The second-order valence-electron chi connectivity index (χ2n) is 5.32. The fourth-order valence-corrected chi connectivity index (χ4v) is 2.92. The molecule has 4 rings (SSSR count). The van der Waals surface area contributed by atoms with Gasteiger partial charge in [0.05, 0.1) is 11.3 Å². The predicted molar refractivity (Wildman–Crippen MR) is 86.5 cm³/mol. The lowest BCUT2D eigenvalue weighted by Crippen LogP contribution is -2.35. The van der Waals surface area contributed by atoms with Crippen molar-refractivity contribution < 1.29 is 14.4 Å². The van der Waals surface area contributed by atoms with Crippen molar-refractivity contribution >= 4 is 34.1 Å². The number of ketones is 1. The number of carbonyl (C=O) groups excluding carboxylic acids is 3. The van der Waals surface area contributed by atoms with Gasteiger partial charge in [0.1, 0.15) is 0 Å². The van der Waals surface area contributed by atoms with E-state index in [2.05, 4.69) is 0 Å². The fourth-order valence-electron chi connectivity index (χ4n) is 2.92. The lowest BCUT2D eigenvalue weighted by atomic mass is 10.0. The van der Waals surface area contributed by atoms with Gasteiger partial charge >= 0.3 is 5.91 Å². The Morgan fingerprint density at radius 1 is 0.783 bits per heavy atom. The molecule has 0 atom stereocenters. The number of carbonyl (C=O) groups is 3. The third kappa shape index (κ3) is 1.89. The lowest BCUT2D eigenvalue weighted by Gasteiger charge is -2.15. The van der Waals surface area contributed by atoms with Crippen LogP contribution in [-0.2, 0) is 4.79 Å². The van der Waals surface area contributed by atoms with Crippen molar-refractivity contribution in [2.75, 3.05) is 4.90 Å². The molecular formula is C19H11NO3. The van der Waals surface area contributed by atoms with Crippen LogP contribution < -0.4 is 4.90 Å². The molecule has 0 fully saturated rings. The highest BCUT2D eigenvalue weighted by molar-refractivity contribution is 6.57. The summed E-state index contributed by atoms with van der Waals surface area (Å²) in [5.74, 6) is -1.93. The molecule has 0 spiro atoms.